The number of para-hydroxylation sites is 1. The van der Waals surface area contributed by atoms with Gasteiger partial charge in [-0.1, -0.05) is 18.2 Å². The van der Waals surface area contributed by atoms with E-state index in [1.54, 1.807) is 47.6 Å². The molecule has 34 heavy (non-hydrogen) atoms. The summed E-state index contributed by atoms with van der Waals surface area (Å²) >= 11 is 0. The second-order valence-electron chi connectivity index (χ2n) is 7.70. The fourth-order valence-corrected chi connectivity index (χ4v) is 4.02. The molecule has 1 aliphatic heterocycles. The van der Waals surface area contributed by atoms with Gasteiger partial charge in [0.2, 0.25) is 0 Å². The zero-order valence-corrected chi connectivity index (χ0v) is 19.0. The highest BCUT2D eigenvalue weighted by molar-refractivity contribution is 5.97. The number of methoxy groups -OCH3 is 2. The molecule has 9 heteroatoms. The normalized spacial score (nSPS) is 12.9. The van der Waals surface area contributed by atoms with Crippen molar-refractivity contribution < 1.29 is 23.8 Å². The number of aromatic nitrogens is 2. The lowest BCUT2D eigenvalue weighted by Crippen LogP contribution is -2.34. The molecule has 0 N–H and O–H groups in total. The summed E-state index contributed by atoms with van der Waals surface area (Å²) in [4.78, 5) is 44.6. The van der Waals surface area contributed by atoms with Gasteiger partial charge in [-0.2, -0.15) is 0 Å². The molecular formula is C25H25N3O6. The van der Waals surface area contributed by atoms with Gasteiger partial charge in [0.05, 0.1) is 19.8 Å². The van der Waals surface area contributed by atoms with Crippen LogP contribution in [0, 0.1) is 0 Å². The van der Waals surface area contributed by atoms with E-state index in [2.05, 4.69) is 4.98 Å². The van der Waals surface area contributed by atoms with Crippen LogP contribution in [-0.2, 0) is 24.3 Å². The molecule has 0 saturated carbocycles. The van der Waals surface area contributed by atoms with Gasteiger partial charge in [0.25, 0.3) is 11.5 Å². The van der Waals surface area contributed by atoms with Gasteiger partial charge in [-0.05, 0) is 18.2 Å². The van der Waals surface area contributed by atoms with Crippen LogP contribution in [0.1, 0.15) is 32.0 Å². The molecule has 1 aliphatic rings. The summed E-state index contributed by atoms with van der Waals surface area (Å²) in [5.74, 6) is -0.176. The number of carbonyl (C=O) groups is 2. The van der Waals surface area contributed by atoms with E-state index in [0.717, 1.165) is 5.56 Å². The quantitative estimate of drug-likeness (QED) is 0.517. The van der Waals surface area contributed by atoms with Crippen molar-refractivity contribution in [2.75, 3.05) is 27.3 Å². The van der Waals surface area contributed by atoms with Gasteiger partial charge in [0, 0.05) is 55.8 Å². The molecule has 1 aromatic carbocycles. The minimum Gasteiger partial charge on any atom is -0.496 e. The molecular weight excluding hydrogens is 438 g/mol. The summed E-state index contributed by atoms with van der Waals surface area (Å²) in [7, 11) is 2.79. The highest BCUT2D eigenvalue weighted by atomic mass is 16.5. The standard InChI is InChI=1S/C25H25N3O6/c1-32-20-8-4-3-7-18(20)24(30)27-11-9-19-23(25(31)33-2)21(14-22(29)28(19)13-12-27)34-16-17-6-5-10-26-15-17/h3-8,10,14-15H,9,11-13,16H2,1-2H3. The van der Waals surface area contributed by atoms with Gasteiger partial charge >= 0.3 is 5.97 Å². The number of ether oxygens (including phenoxy) is 3. The Kier molecular flexibility index (Phi) is 6.91. The van der Waals surface area contributed by atoms with E-state index in [1.807, 2.05) is 6.07 Å². The van der Waals surface area contributed by atoms with E-state index in [4.69, 9.17) is 14.2 Å². The smallest absolute Gasteiger partial charge is 0.343 e. The molecule has 0 radical (unpaired) electrons. The molecule has 0 aliphatic carbocycles. The van der Waals surface area contributed by atoms with Crippen LogP contribution in [0.5, 0.6) is 11.5 Å². The van der Waals surface area contributed by atoms with Crippen LogP contribution in [0.3, 0.4) is 0 Å². The zero-order valence-electron chi connectivity index (χ0n) is 19.0. The molecule has 3 heterocycles. The molecule has 2 aromatic heterocycles. The lowest BCUT2D eigenvalue weighted by Gasteiger charge is -2.21. The molecule has 9 nitrogen and oxygen atoms in total. The second kappa shape index (κ2) is 10.2. The molecule has 1 amide bonds. The number of nitrogens with zero attached hydrogens (tertiary/aromatic N) is 3. The molecule has 0 saturated heterocycles. The first-order chi connectivity index (χ1) is 16.5. The fraction of sp³-hybridized carbons (Fsp3) is 0.280. The number of carbonyl (C=O) groups excluding carboxylic acids is 2. The summed E-state index contributed by atoms with van der Waals surface area (Å²) in [6.45, 7) is 0.994. The van der Waals surface area contributed by atoms with Gasteiger partial charge in [0.15, 0.2) is 0 Å². The molecule has 0 unspecified atom stereocenters. The Hall–Kier alpha value is -4.14. The molecule has 0 atom stereocenters. The Morgan fingerprint density at radius 2 is 1.85 bits per heavy atom. The number of pyridine rings is 2. The van der Waals surface area contributed by atoms with Crippen molar-refractivity contribution >= 4 is 11.9 Å². The van der Waals surface area contributed by atoms with Crippen LogP contribution < -0.4 is 15.0 Å². The SMILES string of the molecule is COC(=O)c1c(OCc2cccnc2)cc(=O)n2c1CCN(C(=O)c1ccccc1OC)CC2. The van der Waals surface area contributed by atoms with Crippen molar-refractivity contribution in [3.8, 4) is 11.5 Å². The van der Waals surface area contributed by atoms with E-state index in [-0.39, 0.29) is 42.4 Å². The summed E-state index contributed by atoms with van der Waals surface area (Å²) in [6, 6.07) is 11.9. The molecule has 0 bridgehead atoms. The van der Waals surface area contributed by atoms with E-state index < -0.39 is 5.97 Å². The molecule has 4 rings (SSSR count). The van der Waals surface area contributed by atoms with E-state index >= 15 is 0 Å². The number of rotatable bonds is 6. The number of hydrogen-bond acceptors (Lipinski definition) is 7. The van der Waals surface area contributed by atoms with Crippen molar-refractivity contribution in [3.63, 3.8) is 0 Å². The number of benzene rings is 1. The van der Waals surface area contributed by atoms with Crippen LogP contribution in [0.2, 0.25) is 0 Å². The van der Waals surface area contributed by atoms with Gasteiger partial charge in [-0.15, -0.1) is 0 Å². The number of esters is 1. The summed E-state index contributed by atoms with van der Waals surface area (Å²) < 4.78 is 17.7. The van der Waals surface area contributed by atoms with Gasteiger partial charge < -0.3 is 23.7 Å². The monoisotopic (exact) mass is 463 g/mol. The first-order valence-corrected chi connectivity index (χ1v) is 10.8. The van der Waals surface area contributed by atoms with Crippen molar-refractivity contribution in [3.05, 3.63) is 87.6 Å². The Morgan fingerprint density at radius 1 is 1.03 bits per heavy atom. The minimum atomic E-state index is -0.602. The van der Waals surface area contributed by atoms with Gasteiger partial charge in [-0.25, -0.2) is 4.79 Å². The van der Waals surface area contributed by atoms with Gasteiger partial charge in [-0.3, -0.25) is 14.6 Å². The van der Waals surface area contributed by atoms with E-state index in [1.165, 1.54) is 24.9 Å². The first-order valence-electron chi connectivity index (χ1n) is 10.8. The van der Waals surface area contributed by atoms with Crippen LogP contribution in [0.4, 0.5) is 0 Å². The van der Waals surface area contributed by atoms with Crippen molar-refractivity contribution in [2.24, 2.45) is 0 Å². The second-order valence-corrected chi connectivity index (χ2v) is 7.70. The highest BCUT2D eigenvalue weighted by Gasteiger charge is 2.28. The third-order valence-electron chi connectivity index (χ3n) is 5.72. The fourth-order valence-electron chi connectivity index (χ4n) is 4.02. The predicted octanol–water partition coefficient (Wildman–Crippen LogP) is 2.32. The van der Waals surface area contributed by atoms with E-state index in [9.17, 15) is 14.4 Å². The first kappa shape index (κ1) is 23.0. The number of fused-ring (bicyclic) bond motifs is 1. The average molecular weight is 463 g/mol. The zero-order chi connectivity index (χ0) is 24.1. The third-order valence-corrected chi connectivity index (χ3v) is 5.72. The van der Waals surface area contributed by atoms with Crippen LogP contribution in [0.15, 0.2) is 59.7 Å². The molecule has 3 aromatic rings. The molecule has 176 valence electrons. The summed E-state index contributed by atoms with van der Waals surface area (Å²) in [5, 5.41) is 0. The lowest BCUT2D eigenvalue weighted by molar-refractivity contribution is 0.0592. The Labute approximate surface area is 196 Å². The Bertz CT molecular complexity index is 1260. The van der Waals surface area contributed by atoms with Crippen LogP contribution in [0.25, 0.3) is 0 Å². The Balaban J connectivity index is 1.65. The average Bonchev–Trinajstić information content (AvgIpc) is 3.11. The highest BCUT2D eigenvalue weighted by Crippen LogP contribution is 2.26. The number of hydrogen-bond donors (Lipinski definition) is 0. The topological polar surface area (TPSA) is 100.0 Å². The summed E-state index contributed by atoms with van der Waals surface area (Å²) in [5.41, 5.74) is 1.60. The number of amides is 1. The van der Waals surface area contributed by atoms with Crippen LogP contribution in [-0.4, -0.2) is 53.6 Å². The van der Waals surface area contributed by atoms with Crippen molar-refractivity contribution in [2.45, 2.75) is 19.6 Å². The van der Waals surface area contributed by atoms with Crippen molar-refractivity contribution in [1.29, 1.82) is 0 Å². The molecule has 0 fully saturated rings. The maximum atomic E-state index is 13.2. The largest absolute Gasteiger partial charge is 0.496 e. The third kappa shape index (κ3) is 4.63. The predicted molar refractivity (Wildman–Crippen MR) is 123 cm³/mol. The van der Waals surface area contributed by atoms with Gasteiger partial charge in [0.1, 0.15) is 23.7 Å². The lowest BCUT2D eigenvalue weighted by atomic mass is 10.1. The van der Waals surface area contributed by atoms with E-state index in [0.29, 0.717) is 30.1 Å². The maximum Gasteiger partial charge on any atom is 0.343 e. The van der Waals surface area contributed by atoms with Crippen LogP contribution >= 0.6 is 0 Å². The molecule has 0 spiro atoms. The minimum absolute atomic E-state index is 0.138. The maximum absolute atomic E-state index is 13.2. The Morgan fingerprint density at radius 3 is 2.59 bits per heavy atom. The summed E-state index contributed by atoms with van der Waals surface area (Å²) in [6.07, 6.45) is 3.58. The van der Waals surface area contributed by atoms with Crippen molar-refractivity contribution in [1.82, 2.24) is 14.5 Å².